The van der Waals surface area contributed by atoms with Gasteiger partial charge < -0.3 is 9.73 Å². The number of fused-ring (bicyclic) bond motifs is 1. The fourth-order valence-electron chi connectivity index (χ4n) is 3.22. The Hall–Kier alpha value is -1.06. The molecule has 0 aliphatic heterocycles. The van der Waals surface area contributed by atoms with Crippen LogP contribution in [-0.4, -0.2) is 12.6 Å². The van der Waals surface area contributed by atoms with Crippen molar-refractivity contribution in [3.8, 4) is 0 Å². The van der Waals surface area contributed by atoms with Crippen molar-refractivity contribution in [2.75, 3.05) is 6.54 Å². The fraction of sp³-hybridized carbons (Fsp3) is 0.500. The maximum absolute atomic E-state index is 5.21. The monoisotopic (exact) mass is 275 g/mol. The molecule has 3 rings (SSSR count). The number of likely N-dealkylation sites (N-methyl/N-ethyl adjacent to an activating group) is 1. The Bertz CT molecular complexity index is 503. The van der Waals surface area contributed by atoms with Crippen LogP contribution in [0.1, 0.15) is 41.7 Å². The highest BCUT2D eigenvalue weighted by molar-refractivity contribution is 7.10. The Morgan fingerprint density at radius 3 is 3.21 bits per heavy atom. The highest BCUT2D eigenvalue weighted by Crippen LogP contribution is 2.37. The van der Waals surface area contributed by atoms with Crippen molar-refractivity contribution in [3.05, 3.63) is 46.0 Å². The zero-order valence-electron chi connectivity index (χ0n) is 11.4. The van der Waals surface area contributed by atoms with Gasteiger partial charge in [0.2, 0.25) is 0 Å². The molecule has 19 heavy (non-hydrogen) atoms. The van der Waals surface area contributed by atoms with Gasteiger partial charge >= 0.3 is 0 Å². The van der Waals surface area contributed by atoms with E-state index in [1.54, 1.807) is 16.7 Å². The van der Waals surface area contributed by atoms with Crippen molar-refractivity contribution in [2.24, 2.45) is 0 Å². The van der Waals surface area contributed by atoms with Crippen LogP contribution < -0.4 is 5.32 Å². The zero-order chi connectivity index (χ0) is 13.1. The van der Waals surface area contributed by atoms with E-state index in [9.17, 15) is 0 Å². The minimum Gasteiger partial charge on any atom is -0.472 e. The third kappa shape index (κ3) is 2.77. The lowest BCUT2D eigenvalue weighted by Crippen LogP contribution is -2.37. The number of nitrogens with one attached hydrogen (secondary N) is 1. The average molecular weight is 275 g/mol. The molecular weight excluding hydrogens is 254 g/mol. The lowest BCUT2D eigenvalue weighted by Gasteiger charge is -2.31. The van der Waals surface area contributed by atoms with E-state index < -0.39 is 0 Å². The molecule has 0 amide bonds. The number of hydrogen-bond acceptors (Lipinski definition) is 3. The molecule has 1 aliphatic rings. The van der Waals surface area contributed by atoms with Crippen molar-refractivity contribution < 1.29 is 4.42 Å². The van der Waals surface area contributed by atoms with Crippen LogP contribution in [0.2, 0.25) is 0 Å². The van der Waals surface area contributed by atoms with Gasteiger partial charge in [-0.25, -0.2) is 0 Å². The van der Waals surface area contributed by atoms with Gasteiger partial charge in [0.25, 0.3) is 0 Å². The van der Waals surface area contributed by atoms with Crippen molar-refractivity contribution in [1.82, 2.24) is 5.32 Å². The summed E-state index contributed by atoms with van der Waals surface area (Å²) in [5.74, 6) is 0.657. The summed E-state index contributed by atoms with van der Waals surface area (Å²) in [5.41, 5.74) is 2.89. The first kappa shape index (κ1) is 12.9. The first-order valence-electron chi connectivity index (χ1n) is 7.19. The SMILES string of the molecule is CCNC(Cc1ccoc1)C1CCCc2sccc21. The predicted octanol–water partition coefficient (Wildman–Crippen LogP) is 3.98. The van der Waals surface area contributed by atoms with Gasteiger partial charge in [-0.2, -0.15) is 0 Å². The highest BCUT2D eigenvalue weighted by atomic mass is 32.1. The minimum absolute atomic E-state index is 0.524. The molecule has 2 aromatic rings. The van der Waals surface area contributed by atoms with Gasteiger partial charge in [-0.05, 0) is 60.9 Å². The van der Waals surface area contributed by atoms with E-state index in [1.165, 1.54) is 24.8 Å². The van der Waals surface area contributed by atoms with Crippen molar-refractivity contribution in [1.29, 1.82) is 0 Å². The normalized spacial score (nSPS) is 20.2. The molecule has 2 aromatic heterocycles. The number of aryl methyl sites for hydroxylation is 1. The number of furan rings is 1. The molecule has 1 N–H and O–H groups in total. The summed E-state index contributed by atoms with van der Waals surface area (Å²) in [6.07, 6.45) is 8.61. The zero-order valence-corrected chi connectivity index (χ0v) is 12.2. The molecule has 1 aliphatic carbocycles. The molecule has 2 atom stereocenters. The van der Waals surface area contributed by atoms with Crippen molar-refractivity contribution in [2.45, 2.75) is 44.6 Å². The van der Waals surface area contributed by atoms with Crippen LogP contribution in [0.25, 0.3) is 0 Å². The number of rotatable bonds is 5. The molecule has 2 heterocycles. The Balaban J connectivity index is 1.81. The topological polar surface area (TPSA) is 25.2 Å². The van der Waals surface area contributed by atoms with Crippen LogP contribution in [0, 0.1) is 0 Å². The second-order valence-corrected chi connectivity index (χ2v) is 6.30. The molecule has 3 heteroatoms. The summed E-state index contributed by atoms with van der Waals surface area (Å²) in [4.78, 5) is 1.60. The van der Waals surface area contributed by atoms with E-state index in [1.807, 2.05) is 17.6 Å². The van der Waals surface area contributed by atoms with Crippen LogP contribution in [-0.2, 0) is 12.8 Å². The number of thiophene rings is 1. The molecule has 102 valence electrons. The van der Waals surface area contributed by atoms with Crippen LogP contribution in [0.5, 0.6) is 0 Å². The van der Waals surface area contributed by atoms with Gasteiger partial charge in [-0.3, -0.25) is 0 Å². The lowest BCUT2D eigenvalue weighted by molar-refractivity contribution is 0.397. The largest absolute Gasteiger partial charge is 0.472 e. The van der Waals surface area contributed by atoms with Gasteiger partial charge in [0.1, 0.15) is 0 Å². The summed E-state index contributed by atoms with van der Waals surface area (Å²) >= 11 is 1.93. The van der Waals surface area contributed by atoms with Crippen molar-refractivity contribution >= 4 is 11.3 Å². The van der Waals surface area contributed by atoms with Crippen molar-refractivity contribution in [3.63, 3.8) is 0 Å². The van der Waals surface area contributed by atoms with E-state index in [2.05, 4.69) is 29.8 Å². The Morgan fingerprint density at radius 1 is 1.47 bits per heavy atom. The number of hydrogen-bond donors (Lipinski definition) is 1. The molecule has 0 saturated carbocycles. The van der Waals surface area contributed by atoms with Crippen LogP contribution in [0.3, 0.4) is 0 Å². The van der Waals surface area contributed by atoms with Gasteiger partial charge in [0.15, 0.2) is 0 Å². The van der Waals surface area contributed by atoms with Gasteiger partial charge in [0, 0.05) is 16.8 Å². The standard InChI is InChI=1S/C16H21NOS/c1-2-17-15(10-12-6-8-18-11-12)13-4-3-5-16-14(13)7-9-19-16/h6-9,11,13,15,17H,2-5,10H2,1H3. The molecule has 2 unspecified atom stereocenters. The molecular formula is C16H21NOS. The Kier molecular flexibility index (Phi) is 4.04. The first-order valence-corrected chi connectivity index (χ1v) is 8.07. The maximum atomic E-state index is 5.21. The lowest BCUT2D eigenvalue weighted by atomic mass is 9.80. The summed E-state index contributed by atoms with van der Waals surface area (Å²) in [6, 6.07) is 4.95. The Labute approximate surface area is 118 Å². The quantitative estimate of drug-likeness (QED) is 0.893. The second kappa shape index (κ2) is 5.93. The molecule has 0 aromatic carbocycles. The third-order valence-corrected chi connectivity index (χ3v) is 5.08. The van der Waals surface area contributed by atoms with E-state index in [0.29, 0.717) is 12.0 Å². The summed E-state index contributed by atoms with van der Waals surface area (Å²) < 4.78 is 5.21. The summed E-state index contributed by atoms with van der Waals surface area (Å²) in [5, 5.41) is 5.94. The summed E-state index contributed by atoms with van der Waals surface area (Å²) in [6.45, 7) is 3.22. The van der Waals surface area contributed by atoms with E-state index in [0.717, 1.165) is 13.0 Å². The highest BCUT2D eigenvalue weighted by Gasteiger charge is 2.28. The maximum Gasteiger partial charge on any atom is 0.0935 e. The van der Waals surface area contributed by atoms with E-state index >= 15 is 0 Å². The molecule has 0 bridgehead atoms. The van der Waals surface area contributed by atoms with Gasteiger partial charge in [0.05, 0.1) is 12.5 Å². The smallest absolute Gasteiger partial charge is 0.0935 e. The molecule has 0 radical (unpaired) electrons. The van der Waals surface area contributed by atoms with Crippen LogP contribution in [0.4, 0.5) is 0 Å². The fourth-order valence-corrected chi connectivity index (χ4v) is 4.22. The summed E-state index contributed by atoms with van der Waals surface area (Å²) in [7, 11) is 0. The molecule has 0 fully saturated rings. The molecule has 0 saturated heterocycles. The minimum atomic E-state index is 0.524. The molecule has 0 spiro atoms. The molecule has 2 nitrogen and oxygen atoms in total. The second-order valence-electron chi connectivity index (χ2n) is 5.30. The van der Waals surface area contributed by atoms with Gasteiger partial charge in [-0.1, -0.05) is 6.92 Å². The van der Waals surface area contributed by atoms with Crippen LogP contribution >= 0.6 is 11.3 Å². The first-order chi connectivity index (χ1) is 9.38. The van der Waals surface area contributed by atoms with Crippen LogP contribution in [0.15, 0.2) is 34.5 Å². The third-order valence-electron chi connectivity index (χ3n) is 4.09. The Morgan fingerprint density at radius 2 is 2.42 bits per heavy atom. The predicted molar refractivity (Wildman–Crippen MR) is 79.9 cm³/mol. The van der Waals surface area contributed by atoms with Gasteiger partial charge in [-0.15, -0.1) is 11.3 Å². The average Bonchev–Trinajstić information content (AvgIpc) is 3.08. The van der Waals surface area contributed by atoms with E-state index in [4.69, 9.17) is 4.42 Å². The van der Waals surface area contributed by atoms with E-state index in [-0.39, 0.29) is 0 Å².